The quantitative estimate of drug-likeness (QED) is 0.603. The van der Waals surface area contributed by atoms with Gasteiger partial charge in [-0.1, -0.05) is 18.2 Å². The molecule has 0 N–H and O–H groups in total. The van der Waals surface area contributed by atoms with E-state index in [1.165, 1.54) is 17.0 Å². The Morgan fingerprint density at radius 1 is 0.900 bits per heavy atom. The Morgan fingerprint density at radius 2 is 1.57 bits per heavy atom. The number of carbonyl (C=O) groups excluding carboxylic acids is 3. The minimum absolute atomic E-state index is 0.223. The van der Waals surface area contributed by atoms with Crippen LogP contribution in [0.2, 0.25) is 0 Å². The smallest absolute Gasteiger partial charge is 0.266 e. The van der Waals surface area contributed by atoms with Gasteiger partial charge in [-0.05, 0) is 61.5 Å². The van der Waals surface area contributed by atoms with Crippen LogP contribution in [-0.4, -0.2) is 31.4 Å². The van der Waals surface area contributed by atoms with E-state index in [4.69, 9.17) is 4.74 Å². The number of imide groups is 1. The second-order valence-electron chi connectivity index (χ2n) is 6.83. The van der Waals surface area contributed by atoms with Crippen molar-refractivity contribution in [3.05, 3.63) is 89.5 Å². The Morgan fingerprint density at radius 3 is 2.23 bits per heavy atom. The maximum atomic E-state index is 13.0. The van der Waals surface area contributed by atoms with Crippen molar-refractivity contribution in [2.75, 3.05) is 23.5 Å². The zero-order chi connectivity index (χ0) is 21.3. The van der Waals surface area contributed by atoms with E-state index in [0.29, 0.717) is 23.6 Å². The van der Waals surface area contributed by atoms with Gasteiger partial charge in [0.1, 0.15) is 5.75 Å². The second kappa shape index (κ2) is 7.83. The van der Waals surface area contributed by atoms with Gasteiger partial charge in [-0.25, -0.2) is 4.90 Å². The fraction of sp³-hybridized carbons (Fsp3) is 0.125. The first-order valence-corrected chi connectivity index (χ1v) is 9.60. The highest BCUT2D eigenvalue weighted by Gasteiger charge is 2.37. The van der Waals surface area contributed by atoms with Crippen molar-refractivity contribution >= 4 is 29.1 Å². The lowest BCUT2D eigenvalue weighted by atomic mass is 10.0. The third-order valence-electron chi connectivity index (χ3n) is 4.99. The van der Waals surface area contributed by atoms with Crippen LogP contribution >= 0.6 is 0 Å². The third-order valence-corrected chi connectivity index (χ3v) is 4.99. The molecule has 0 aromatic heterocycles. The maximum absolute atomic E-state index is 13.0. The number of benzene rings is 3. The van der Waals surface area contributed by atoms with Crippen LogP contribution in [0.1, 0.15) is 38.0 Å². The Bertz CT molecular complexity index is 1120. The lowest BCUT2D eigenvalue weighted by molar-refractivity contribution is 0.0925. The fourth-order valence-electron chi connectivity index (χ4n) is 3.43. The summed E-state index contributed by atoms with van der Waals surface area (Å²) in [5.74, 6) is -0.454. The van der Waals surface area contributed by atoms with E-state index in [1.807, 2.05) is 37.3 Å². The maximum Gasteiger partial charge on any atom is 0.266 e. The molecule has 3 aromatic rings. The highest BCUT2D eigenvalue weighted by atomic mass is 16.5. The van der Waals surface area contributed by atoms with Gasteiger partial charge in [0, 0.05) is 18.3 Å². The van der Waals surface area contributed by atoms with Crippen molar-refractivity contribution in [2.24, 2.45) is 0 Å². The first kappa shape index (κ1) is 19.4. The van der Waals surface area contributed by atoms with Gasteiger partial charge in [0.2, 0.25) is 0 Å². The number of rotatable bonds is 5. The minimum atomic E-state index is -0.448. The fourth-order valence-corrected chi connectivity index (χ4v) is 3.43. The summed E-state index contributed by atoms with van der Waals surface area (Å²) in [5, 5.41) is 0. The van der Waals surface area contributed by atoms with Crippen molar-refractivity contribution in [1.82, 2.24) is 0 Å². The molecule has 0 saturated heterocycles. The molecule has 0 bridgehead atoms. The molecule has 3 amide bonds. The van der Waals surface area contributed by atoms with Crippen LogP contribution in [0.5, 0.6) is 5.75 Å². The molecule has 6 nitrogen and oxygen atoms in total. The molecule has 0 atom stereocenters. The number of anilines is 2. The van der Waals surface area contributed by atoms with Crippen LogP contribution < -0.4 is 14.5 Å². The normalized spacial score (nSPS) is 12.7. The van der Waals surface area contributed by atoms with Crippen LogP contribution in [0, 0.1) is 0 Å². The average molecular weight is 400 g/mol. The molecular weight excluding hydrogens is 380 g/mol. The molecule has 4 rings (SSSR count). The Hall–Kier alpha value is -3.93. The largest absolute Gasteiger partial charge is 0.494 e. The highest BCUT2D eigenvalue weighted by Crippen LogP contribution is 2.30. The number of fused-ring (bicyclic) bond motifs is 1. The summed E-state index contributed by atoms with van der Waals surface area (Å²) in [6.45, 7) is 2.41. The number of para-hydroxylation sites is 1. The molecule has 1 aliphatic heterocycles. The summed E-state index contributed by atoms with van der Waals surface area (Å²) >= 11 is 0. The van der Waals surface area contributed by atoms with Gasteiger partial charge >= 0.3 is 0 Å². The average Bonchev–Trinajstić information content (AvgIpc) is 3.04. The molecular formula is C24H20N2O4. The van der Waals surface area contributed by atoms with Crippen LogP contribution in [0.15, 0.2) is 72.8 Å². The molecule has 0 saturated carbocycles. The number of ether oxygens (including phenoxy) is 1. The molecule has 0 spiro atoms. The lowest BCUT2D eigenvalue weighted by Crippen LogP contribution is -2.29. The molecule has 0 aliphatic carbocycles. The summed E-state index contributed by atoms with van der Waals surface area (Å²) < 4.78 is 5.41. The molecule has 0 unspecified atom stereocenters. The van der Waals surface area contributed by atoms with Crippen LogP contribution in [-0.2, 0) is 0 Å². The van der Waals surface area contributed by atoms with Crippen molar-refractivity contribution in [3.63, 3.8) is 0 Å². The lowest BCUT2D eigenvalue weighted by Gasteiger charge is -2.17. The van der Waals surface area contributed by atoms with Crippen LogP contribution in [0.4, 0.5) is 11.4 Å². The van der Waals surface area contributed by atoms with Crippen molar-refractivity contribution < 1.29 is 19.1 Å². The topological polar surface area (TPSA) is 66.9 Å². The highest BCUT2D eigenvalue weighted by molar-refractivity contribution is 6.34. The molecule has 0 radical (unpaired) electrons. The Kier molecular flexibility index (Phi) is 5.06. The van der Waals surface area contributed by atoms with Gasteiger partial charge in [-0.3, -0.25) is 14.4 Å². The number of carbonyl (C=O) groups is 3. The summed E-state index contributed by atoms with van der Waals surface area (Å²) in [5.41, 5.74) is 2.05. The SMILES string of the molecule is CCOc1ccc(N2C(=O)c3ccc(C(=O)N(C)c4ccccc4)cc3C2=O)cc1. The molecule has 150 valence electrons. The van der Waals surface area contributed by atoms with E-state index >= 15 is 0 Å². The molecule has 1 heterocycles. The van der Waals surface area contributed by atoms with E-state index in [2.05, 4.69) is 0 Å². The van der Waals surface area contributed by atoms with E-state index in [1.54, 1.807) is 37.4 Å². The van der Waals surface area contributed by atoms with Crippen molar-refractivity contribution in [3.8, 4) is 5.75 Å². The van der Waals surface area contributed by atoms with Gasteiger partial charge < -0.3 is 9.64 Å². The van der Waals surface area contributed by atoms with E-state index in [9.17, 15) is 14.4 Å². The van der Waals surface area contributed by atoms with Gasteiger partial charge in [-0.15, -0.1) is 0 Å². The molecule has 6 heteroatoms. The minimum Gasteiger partial charge on any atom is -0.494 e. The standard InChI is InChI=1S/C24H20N2O4/c1-3-30-19-12-10-18(11-13-19)26-23(28)20-14-9-16(15-21(20)24(26)29)22(27)25(2)17-7-5-4-6-8-17/h4-15H,3H2,1-2H3. The van der Waals surface area contributed by atoms with Gasteiger partial charge in [-0.2, -0.15) is 0 Å². The van der Waals surface area contributed by atoms with E-state index in [-0.39, 0.29) is 17.0 Å². The first-order valence-electron chi connectivity index (χ1n) is 9.60. The number of nitrogens with zero attached hydrogens (tertiary/aromatic N) is 2. The van der Waals surface area contributed by atoms with Crippen molar-refractivity contribution in [2.45, 2.75) is 6.92 Å². The summed E-state index contributed by atoms with van der Waals surface area (Å²) in [4.78, 5) is 41.3. The zero-order valence-electron chi connectivity index (χ0n) is 16.7. The summed E-state index contributed by atoms with van der Waals surface area (Å²) in [7, 11) is 1.67. The van der Waals surface area contributed by atoms with Crippen molar-refractivity contribution in [1.29, 1.82) is 0 Å². The van der Waals surface area contributed by atoms with Gasteiger partial charge in [0.25, 0.3) is 17.7 Å². The predicted molar refractivity (Wildman–Crippen MR) is 114 cm³/mol. The first-order chi connectivity index (χ1) is 14.5. The number of amides is 3. The zero-order valence-corrected chi connectivity index (χ0v) is 16.7. The number of hydrogen-bond donors (Lipinski definition) is 0. The van der Waals surface area contributed by atoms with E-state index < -0.39 is 11.8 Å². The molecule has 0 fully saturated rings. The monoisotopic (exact) mass is 400 g/mol. The van der Waals surface area contributed by atoms with Gasteiger partial charge in [0.05, 0.1) is 23.4 Å². The number of hydrogen-bond acceptors (Lipinski definition) is 4. The van der Waals surface area contributed by atoms with E-state index in [0.717, 1.165) is 10.6 Å². The molecule has 30 heavy (non-hydrogen) atoms. The summed E-state index contributed by atoms with van der Waals surface area (Å²) in [6, 6.07) is 20.6. The van der Waals surface area contributed by atoms with Crippen LogP contribution in [0.25, 0.3) is 0 Å². The Balaban J connectivity index is 1.62. The second-order valence-corrected chi connectivity index (χ2v) is 6.83. The Labute approximate surface area is 174 Å². The molecule has 1 aliphatic rings. The molecule has 3 aromatic carbocycles. The predicted octanol–water partition coefficient (Wildman–Crippen LogP) is 4.16. The third kappa shape index (κ3) is 3.33. The van der Waals surface area contributed by atoms with Crippen LogP contribution in [0.3, 0.4) is 0 Å². The summed E-state index contributed by atoms with van der Waals surface area (Å²) in [6.07, 6.45) is 0. The van der Waals surface area contributed by atoms with Gasteiger partial charge in [0.15, 0.2) is 0 Å².